The van der Waals surface area contributed by atoms with E-state index in [-0.39, 0.29) is 6.61 Å². The first kappa shape index (κ1) is 25.8. The highest BCUT2D eigenvalue weighted by Gasteiger charge is 2.23. The minimum Gasteiger partial charge on any atom is -0.395 e. The molecule has 0 aliphatic carbocycles. The highest BCUT2D eigenvalue weighted by Crippen LogP contribution is 2.12. The van der Waals surface area contributed by atoms with Crippen LogP contribution in [-0.2, 0) is 6.54 Å². The van der Waals surface area contributed by atoms with Crippen molar-refractivity contribution < 1.29 is 15.3 Å². The molecule has 0 unspecified atom stereocenters. The zero-order valence-corrected chi connectivity index (χ0v) is 18.3. The fourth-order valence-electron chi connectivity index (χ4n) is 3.48. The number of unbranched alkanes of at least 4 members (excludes halogenated alkanes) is 10. The number of hydrogen-bond donors (Lipinski definition) is 4. The van der Waals surface area contributed by atoms with Crippen molar-refractivity contribution in [1.82, 2.24) is 5.32 Å². The number of rotatable bonds is 18. The van der Waals surface area contributed by atoms with E-state index in [9.17, 15) is 15.3 Å². The SMILES string of the molecule is CCCCCCCCCCCC/C=C\[C@@H](O)[C@@H](O)[C@H](CO)NCc1ccccc1. The summed E-state index contributed by atoms with van der Waals surface area (Å²) in [7, 11) is 0. The molecule has 0 aliphatic rings. The normalized spacial score (nSPS) is 14.9. The molecule has 29 heavy (non-hydrogen) atoms. The maximum absolute atomic E-state index is 10.3. The van der Waals surface area contributed by atoms with Crippen LogP contribution in [0.1, 0.15) is 83.1 Å². The first-order valence-electron chi connectivity index (χ1n) is 11.6. The maximum atomic E-state index is 10.3. The summed E-state index contributed by atoms with van der Waals surface area (Å²) in [6.45, 7) is 2.57. The van der Waals surface area contributed by atoms with Gasteiger partial charge in [-0.15, -0.1) is 0 Å². The first-order valence-corrected chi connectivity index (χ1v) is 11.6. The number of aliphatic hydroxyl groups excluding tert-OH is 3. The van der Waals surface area contributed by atoms with Crippen molar-refractivity contribution in [3.8, 4) is 0 Å². The van der Waals surface area contributed by atoms with Gasteiger partial charge in [0.25, 0.3) is 0 Å². The monoisotopic (exact) mass is 405 g/mol. The Morgan fingerprint density at radius 2 is 1.45 bits per heavy atom. The molecule has 4 nitrogen and oxygen atoms in total. The molecule has 0 radical (unpaired) electrons. The third-order valence-corrected chi connectivity index (χ3v) is 5.43. The third kappa shape index (κ3) is 12.9. The molecule has 0 saturated carbocycles. The van der Waals surface area contributed by atoms with Crippen LogP contribution in [0.15, 0.2) is 42.5 Å². The summed E-state index contributed by atoms with van der Waals surface area (Å²) in [4.78, 5) is 0. The summed E-state index contributed by atoms with van der Waals surface area (Å²) in [6, 6.07) is 9.25. The van der Waals surface area contributed by atoms with Gasteiger partial charge in [0.1, 0.15) is 6.10 Å². The van der Waals surface area contributed by atoms with E-state index in [1.165, 1.54) is 57.8 Å². The molecule has 0 aromatic heterocycles. The highest BCUT2D eigenvalue weighted by molar-refractivity contribution is 5.14. The van der Waals surface area contributed by atoms with E-state index in [0.29, 0.717) is 6.54 Å². The van der Waals surface area contributed by atoms with Crippen LogP contribution in [-0.4, -0.2) is 40.2 Å². The van der Waals surface area contributed by atoms with Gasteiger partial charge in [0.2, 0.25) is 0 Å². The van der Waals surface area contributed by atoms with E-state index in [4.69, 9.17) is 0 Å². The Hall–Kier alpha value is -1.20. The second kappa shape index (κ2) is 17.6. The Bertz CT molecular complexity index is 506. The van der Waals surface area contributed by atoms with Crippen molar-refractivity contribution in [3.63, 3.8) is 0 Å². The average molecular weight is 406 g/mol. The fraction of sp³-hybridized carbons (Fsp3) is 0.680. The molecule has 166 valence electrons. The highest BCUT2D eigenvalue weighted by atomic mass is 16.3. The third-order valence-electron chi connectivity index (χ3n) is 5.43. The van der Waals surface area contributed by atoms with E-state index in [1.807, 2.05) is 36.4 Å². The van der Waals surface area contributed by atoms with Gasteiger partial charge in [0.05, 0.1) is 18.8 Å². The van der Waals surface area contributed by atoms with E-state index in [0.717, 1.165) is 18.4 Å². The number of aliphatic hydroxyl groups is 3. The second-order valence-electron chi connectivity index (χ2n) is 8.04. The zero-order valence-electron chi connectivity index (χ0n) is 18.3. The molecule has 4 N–H and O–H groups in total. The van der Waals surface area contributed by atoms with Gasteiger partial charge in [-0.25, -0.2) is 0 Å². The topological polar surface area (TPSA) is 72.7 Å². The Morgan fingerprint density at radius 3 is 2.03 bits per heavy atom. The van der Waals surface area contributed by atoms with Crippen LogP contribution < -0.4 is 5.32 Å². The van der Waals surface area contributed by atoms with Crippen LogP contribution in [0.25, 0.3) is 0 Å². The summed E-state index contributed by atoms with van der Waals surface area (Å²) < 4.78 is 0. The number of allylic oxidation sites excluding steroid dienone is 1. The van der Waals surface area contributed by atoms with E-state index < -0.39 is 18.2 Å². The van der Waals surface area contributed by atoms with Crippen LogP contribution in [0.2, 0.25) is 0 Å². The Morgan fingerprint density at radius 1 is 0.862 bits per heavy atom. The minimum absolute atomic E-state index is 0.225. The Labute approximate surface area is 178 Å². The maximum Gasteiger partial charge on any atom is 0.101 e. The lowest BCUT2D eigenvalue weighted by Gasteiger charge is -2.25. The van der Waals surface area contributed by atoms with Crippen molar-refractivity contribution in [1.29, 1.82) is 0 Å². The van der Waals surface area contributed by atoms with Crippen LogP contribution in [0, 0.1) is 0 Å². The van der Waals surface area contributed by atoms with Gasteiger partial charge < -0.3 is 20.6 Å². The molecule has 0 heterocycles. The van der Waals surface area contributed by atoms with Crippen LogP contribution in [0.4, 0.5) is 0 Å². The lowest BCUT2D eigenvalue weighted by Crippen LogP contribution is -2.47. The van der Waals surface area contributed by atoms with Gasteiger partial charge in [-0.2, -0.15) is 0 Å². The van der Waals surface area contributed by atoms with Crippen LogP contribution in [0.5, 0.6) is 0 Å². The Balaban J connectivity index is 2.11. The van der Waals surface area contributed by atoms with E-state index in [1.54, 1.807) is 6.08 Å². The smallest absolute Gasteiger partial charge is 0.101 e. The van der Waals surface area contributed by atoms with Gasteiger partial charge in [0.15, 0.2) is 0 Å². The van der Waals surface area contributed by atoms with Crippen molar-refractivity contribution in [3.05, 3.63) is 48.0 Å². The standard InChI is InChI=1S/C25H43NO3/c1-2-3-4-5-6-7-8-9-10-11-12-16-19-24(28)25(29)23(21-27)26-20-22-17-14-13-15-18-22/h13-19,23-29H,2-12,20-21H2,1H3/b19-16-/t23-,24+,25-/m0/s1. The molecular weight excluding hydrogens is 362 g/mol. The molecule has 1 rings (SSSR count). The summed E-state index contributed by atoms with van der Waals surface area (Å²) in [5.74, 6) is 0. The largest absolute Gasteiger partial charge is 0.395 e. The van der Waals surface area contributed by atoms with Crippen molar-refractivity contribution in [2.45, 2.75) is 102 Å². The average Bonchev–Trinajstić information content (AvgIpc) is 2.75. The number of benzene rings is 1. The van der Waals surface area contributed by atoms with Gasteiger partial charge in [-0.05, 0) is 18.4 Å². The lowest BCUT2D eigenvalue weighted by molar-refractivity contribution is 0.00602. The molecule has 0 aliphatic heterocycles. The first-order chi connectivity index (χ1) is 14.2. The van der Waals surface area contributed by atoms with Crippen LogP contribution in [0.3, 0.4) is 0 Å². The van der Waals surface area contributed by atoms with E-state index >= 15 is 0 Å². The molecule has 0 fully saturated rings. The molecule has 0 spiro atoms. The fourth-order valence-corrected chi connectivity index (χ4v) is 3.48. The molecule has 3 atom stereocenters. The van der Waals surface area contributed by atoms with Gasteiger partial charge in [-0.3, -0.25) is 0 Å². The molecule has 4 heteroatoms. The number of hydrogen-bond acceptors (Lipinski definition) is 4. The molecule has 1 aromatic rings. The van der Waals surface area contributed by atoms with Crippen molar-refractivity contribution in [2.24, 2.45) is 0 Å². The molecule has 1 aromatic carbocycles. The number of nitrogens with one attached hydrogen (secondary N) is 1. The molecule has 0 amide bonds. The predicted octanol–water partition coefficient (Wildman–Crippen LogP) is 4.73. The quantitative estimate of drug-likeness (QED) is 0.210. The molecule has 0 bridgehead atoms. The molecule has 0 saturated heterocycles. The van der Waals surface area contributed by atoms with Gasteiger partial charge in [-0.1, -0.05) is 107 Å². The zero-order chi connectivity index (χ0) is 21.2. The minimum atomic E-state index is -1.03. The van der Waals surface area contributed by atoms with Crippen LogP contribution >= 0.6 is 0 Å². The summed E-state index contributed by atoms with van der Waals surface area (Å²) >= 11 is 0. The van der Waals surface area contributed by atoms with Gasteiger partial charge in [0, 0.05) is 6.54 Å². The summed E-state index contributed by atoms with van der Waals surface area (Å²) in [5.41, 5.74) is 1.07. The summed E-state index contributed by atoms with van der Waals surface area (Å²) in [5, 5.41) is 33.2. The molecular formula is C25H43NO3. The van der Waals surface area contributed by atoms with Crippen molar-refractivity contribution >= 4 is 0 Å². The second-order valence-corrected chi connectivity index (χ2v) is 8.04. The lowest BCUT2D eigenvalue weighted by atomic mass is 10.0. The van der Waals surface area contributed by atoms with Gasteiger partial charge >= 0.3 is 0 Å². The van der Waals surface area contributed by atoms with Crippen molar-refractivity contribution in [2.75, 3.05) is 6.61 Å². The summed E-state index contributed by atoms with van der Waals surface area (Å²) in [6.07, 6.45) is 15.6. The van der Waals surface area contributed by atoms with E-state index in [2.05, 4.69) is 12.2 Å². The predicted molar refractivity (Wildman–Crippen MR) is 122 cm³/mol. The Kier molecular flexibility index (Phi) is 15.7.